The third kappa shape index (κ3) is 116000000. The first-order chi connectivity index (χ1) is 6.29. The number of hydrogen-bond donors (Lipinski definition) is 0. The minimum atomic E-state index is -3.63. The van der Waals surface area contributed by atoms with E-state index in [2.05, 4.69) is 0 Å². The van der Waals surface area contributed by atoms with Gasteiger partial charge in [-0.1, -0.05) is 0 Å². The molecule has 0 radical (unpaired) electrons. The predicted molar refractivity (Wildman–Crippen MR) is 43.0 cm³/mol. The molecule has 0 amide bonds. The van der Waals surface area contributed by atoms with Crippen molar-refractivity contribution in [2.24, 2.45) is 0 Å². The van der Waals surface area contributed by atoms with Crippen LogP contribution in [0.3, 0.4) is 0 Å². The van der Waals surface area contributed by atoms with Crippen LogP contribution in [0.1, 0.15) is 0 Å². The van der Waals surface area contributed by atoms with Gasteiger partial charge in [-0.25, -0.2) is 0 Å². The van der Waals surface area contributed by atoms with Gasteiger partial charge in [0.2, 0.25) is 0 Å². The summed E-state index contributed by atoms with van der Waals surface area (Å²) in [7, 11) is -7.26. The fraction of sp³-hybridized carbons (Fsp3) is 0. The fourth-order valence-electron chi connectivity index (χ4n) is 0. The van der Waals surface area contributed by atoms with Crippen LogP contribution in [-0.4, -0.2) is 79.7 Å². The zero-order valence-corrected chi connectivity index (χ0v) is 12.7. The zero-order valence-electron chi connectivity index (χ0n) is 8.36. The molecule has 0 aromatic carbocycles. The molecule has 0 heterocycles. The van der Waals surface area contributed by atoms with Crippen molar-refractivity contribution in [1.29, 1.82) is 0 Å². The summed E-state index contributed by atoms with van der Waals surface area (Å²) in [4.78, 5) is 34.1. The van der Waals surface area contributed by atoms with Crippen LogP contribution in [0.4, 0.5) is 0 Å². The third-order valence-electron chi connectivity index (χ3n) is 0. The van der Waals surface area contributed by atoms with Gasteiger partial charge in [-0.2, -0.15) is 0 Å². The average Bonchev–Trinajstić information content (AvgIpc) is 1.85. The van der Waals surface area contributed by atoms with Gasteiger partial charge in [-0.05, 0) is 0 Å². The molecule has 0 aliphatic carbocycles. The van der Waals surface area contributed by atoms with Crippen molar-refractivity contribution in [3.63, 3.8) is 0 Å². The van der Waals surface area contributed by atoms with Crippen LogP contribution >= 0.6 is 0 Å². The summed E-state index contributed by atoms with van der Waals surface area (Å²) in [5.41, 5.74) is 0. The summed E-state index contributed by atoms with van der Waals surface area (Å²) < 4.78 is 50.9. The minimum absolute atomic E-state index is 0. The van der Waals surface area contributed by atoms with Crippen molar-refractivity contribution in [2.45, 2.75) is 0 Å². The molecule has 0 unspecified atom stereocenters. The molecule has 0 fully saturated rings. The van der Waals surface area contributed by atoms with E-state index in [0.717, 1.165) is 0 Å². The van der Waals surface area contributed by atoms with E-state index in [1.165, 1.54) is 0 Å². The van der Waals surface area contributed by atoms with Crippen LogP contribution in [-0.2, 0) is 16.5 Å². The van der Waals surface area contributed by atoms with Crippen molar-refractivity contribution in [3.05, 3.63) is 0 Å². The zero-order chi connectivity index (χ0) is 12.6. The van der Waals surface area contributed by atoms with E-state index in [1.807, 2.05) is 0 Å². The van der Waals surface area contributed by atoms with Gasteiger partial charge >= 0.3 is 77.3 Å². The molecule has 17 heavy (non-hydrogen) atoms. The van der Waals surface area contributed by atoms with Crippen LogP contribution in [0.25, 0.3) is 0 Å². The Kier molecular flexibility index (Phi) is 144. The number of hydrogen-bond acceptors (Lipinski definition) is 10. The summed E-state index contributed by atoms with van der Waals surface area (Å²) in [5.74, 6) is 0. The molecule has 0 aliphatic rings. The molecule has 0 bridgehead atoms. The summed E-state index contributed by atoms with van der Waals surface area (Å²) in [5, 5.41) is 0. The molecule has 0 aliphatic heterocycles. The molecule has 0 saturated heterocycles. The molecule has 0 aromatic rings. The average molecular weight is 297 g/mol. The monoisotopic (exact) mass is 297 g/mol. The predicted octanol–water partition coefficient (Wildman–Crippen LogP) is -10.3. The van der Waals surface area contributed by atoms with E-state index in [1.54, 1.807) is 0 Å². The van der Waals surface area contributed by atoms with Crippen LogP contribution < -0.4 is 27.5 Å². The normalized spacial score (nSPS) is 3.76. The van der Waals surface area contributed by atoms with Crippen LogP contribution in [0.15, 0.2) is 0 Å². The Morgan fingerprint density at radius 3 is 0.647 bits per heavy atom. The van der Waals surface area contributed by atoms with Crippen molar-refractivity contribution in [2.75, 3.05) is 0 Å². The molecule has 0 atom stereocenters. The van der Waals surface area contributed by atoms with E-state index in [0.29, 0.717) is 0 Å². The molecular weight excluding hydrogens is 297 g/mol. The van der Waals surface area contributed by atoms with Gasteiger partial charge in [0.15, 0.2) is 0 Å². The summed E-state index contributed by atoms with van der Waals surface area (Å²) in [6.45, 7) is 0. The molecule has 0 aromatic heterocycles. The van der Waals surface area contributed by atoms with Crippen molar-refractivity contribution in [1.82, 2.24) is 0 Å². The summed E-state index contributed by atoms with van der Waals surface area (Å²) in [6.07, 6.45) is 0. The van der Waals surface area contributed by atoms with Crippen LogP contribution in [0, 0.1) is 0 Å². The maximum absolute atomic E-state index is 8.52. The number of rotatable bonds is 0. The second-order valence-electron chi connectivity index (χ2n) is 0.692. The molecule has 17 heteroatoms. The maximum atomic E-state index is 8.52. The Morgan fingerprint density at radius 2 is 0.647 bits per heavy atom. The second-order valence-corrected chi connectivity index (χ2v) is 2.08. The van der Waals surface area contributed by atoms with Gasteiger partial charge < -0.3 is 28.1 Å². The van der Waals surface area contributed by atoms with Gasteiger partial charge in [0, 0.05) is 18.3 Å². The Bertz CT molecular complexity index is 140. The fourth-order valence-corrected chi connectivity index (χ4v) is 0. The SMILES string of the molecule is O=[Si]([O-])[O-].O=[Si]([O-])[O-].[Be+2].[Be+2].[Be+2].[O]=[Al][O-].[O]=[Al][O-]. The van der Waals surface area contributed by atoms with Crippen molar-refractivity contribution in [3.8, 4) is 0 Å². The molecule has 0 rings (SSSR count). The van der Waals surface area contributed by atoms with Crippen LogP contribution in [0.2, 0.25) is 0 Å². The summed E-state index contributed by atoms with van der Waals surface area (Å²) in [6, 6.07) is 0. The molecule has 0 spiro atoms. The van der Waals surface area contributed by atoms with Crippen molar-refractivity contribution >= 4 is 79.7 Å². The van der Waals surface area contributed by atoms with E-state index >= 15 is 0 Å². The Morgan fingerprint density at radius 1 is 0.647 bits per heavy atom. The summed E-state index contributed by atoms with van der Waals surface area (Å²) >= 11 is -3.50. The molecule has 0 N–H and O–H groups in total. The first-order valence-corrected chi connectivity index (χ1v) is 6.50. The second kappa shape index (κ2) is 56.2. The standard InChI is InChI=1S/2Al.3Be.2O3Si.4O/c;;;;;2*1-4(2)3;;;;/q;;3*+2;2*-2;;;2*-1. The van der Waals surface area contributed by atoms with E-state index < -0.39 is 49.3 Å². The first-order valence-electron chi connectivity index (χ1n) is 2.17. The van der Waals surface area contributed by atoms with Gasteiger partial charge in [-0.15, -0.1) is 0 Å². The van der Waals surface area contributed by atoms with E-state index in [4.69, 9.17) is 44.0 Å². The first kappa shape index (κ1) is 43.5. The quantitative estimate of drug-likeness (QED) is 0.385. The van der Waals surface area contributed by atoms with Crippen molar-refractivity contribution < 1.29 is 44.0 Å². The molecular formula is Al2Be3O10Si2. The van der Waals surface area contributed by atoms with Crippen LogP contribution in [0.5, 0.6) is 0 Å². The van der Waals surface area contributed by atoms with E-state index in [-0.39, 0.29) is 30.4 Å². The van der Waals surface area contributed by atoms with Gasteiger partial charge in [0.1, 0.15) is 0 Å². The molecule has 10 nitrogen and oxygen atoms in total. The third-order valence-corrected chi connectivity index (χ3v) is 0. The van der Waals surface area contributed by atoms with Gasteiger partial charge in [0.25, 0.3) is 0 Å². The Hall–Kier alpha value is 0.00519. The Balaban J connectivity index is -0.0000000149. The van der Waals surface area contributed by atoms with E-state index in [9.17, 15) is 0 Å². The van der Waals surface area contributed by atoms with Gasteiger partial charge in [0.05, 0.1) is 0 Å². The van der Waals surface area contributed by atoms with Gasteiger partial charge in [-0.3, -0.25) is 0 Å². The Labute approximate surface area is 123 Å². The molecule has 80 valence electrons. The molecule has 0 saturated carbocycles. The topological polar surface area (TPSA) is 207 Å².